The van der Waals surface area contributed by atoms with E-state index < -0.39 is 0 Å². The van der Waals surface area contributed by atoms with Crippen molar-refractivity contribution in [3.63, 3.8) is 0 Å². The van der Waals surface area contributed by atoms with Crippen molar-refractivity contribution in [1.82, 2.24) is 9.97 Å². The Morgan fingerprint density at radius 3 is 2.35 bits per heavy atom. The van der Waals surface area contributed by atoms with Gasteiger partial charge in [0.25, 0.3) is 0 Å². The molecule has 0 aliphatic carbocycles. The zero-order chi connectivity index (χ0) is 14.5. The van der Waals surface area contributed by atoms with Crippen molar-refractivity contribution in [3.05, 3.63) is 41.7 Å². The van der Waals surface area contributed by atoms with Crippen LogP contribution in [0.3, 0.4) is 0 Å². The summed E-state index contributed by atoms with van der Waals surface area (Å²) in [5, 5.41) is 6.46. The summed E-state index contributed by atoms with van der Waals surface area (Å²) in [7, 11) is 3.52. The van der Waals surface area contributed by atoms with Crippen molar-refractivity contribution in [2.24, 2.45) is 0 Å². The molecule has 106 valence electrons. The van der Waals surface area contributed by atoms with Gasteiger partial charge < -0.3 is 15.4 Å². The quantitative estimate of drug-likeness (QED) is 0.876. The molecule has 0 saturated carbocycles. The normalized spacial score (nSPS) is 11.8. The number of hydrogen-bond donors (Lipinski definition) is 2. The maximum absolute atomic E-state index is 5.17. The van der Waals surface area contributed by atoms with Gasteiger partial charge in [0.15, 0.2) is 0 Å². The molecular weight excluding hydrogens is 252 g/mol. The van der Waals surface area contributed by atoms with Crippen molar-refractivity contribution >= 4 is 11.6 Å². The molecule has 0 aliphatic heterocycles. The zero-order valence-corrected chi connectivity index (χ0v) is 12.3. The summed E-state index contributed by atoms with van der Waals surface area (Å²) in [5.41, 5.74) is 2.19. The second-order valence-electron chi connectivity index (χ2n) is 4.59. The number of rotatable bonds is 5. The predicted octanol–water partition coefficient (Wildman–Crippen LogP) is 3.01. The largest absolute Gasteiger partial charge is 0.497 e. The average molecular weight is 272 g/mol. The highest BCUT2D eigenvalue weighted by molar-refractivity contribution is 5.56. The van der Waals surface area contributed by atoms with Crippen LogP contribution in [0.1, 0.15) is 24.1 Å². The van der Waals surface area contributed by atoms with Gasteiger partial charge in [-0.1, -0.05) is 12.1 Å². The Labute approximate surface area is 119 Å². The van der Waals surface area contributed by atoms with Gasteiger partial charge in [0, 0.05) is 18.7 Å². The molecule has 0 amide bonds. The van der Waals surface area contributed by atoms with E-state index in [-0.39, 0.29) is 6.04 Å². The molecule has 0 aliphatic rings. The predicted molar refractivity (Wildman–Crippen MR) is 81.3 cm³/mol. The first-order valence-electron chi connectivity index (χ1n) is 6.55. The maximum Gasteiger partial charge on any atom is 0.134 e. The van der Waals surface area contributed by atoms with E-state index >= 15 is 0 Å². The van der Waals surface area contributed by atoms with Crippen molar-refractivity contribution in [3.8, 4) is 5.75 Å². The lowest BCUT2D eigenvalue weighted by atomic mass is 10.1. The monoisotopic (exact) mass is 272 g/mol. The van der Waals surface area contributed by atoms with Crippen molar-refractivity contribution < 1.29 is 4.74 Å². The average Bonchev–Trinajstić information content (AvgIpc) is 2.49. The van der Waals surface area contributed by atoms with Crippen LogP contribution in [0.15, 0.2) is 30.6 Å². The molecule has 2 aromatic rings. The van der Waals surface area contributed by atoms with Gasteiger partial charge in [-0.15, -0.1) is 0 Å². The lowest BCUT2D eigenvalue weighted by Gasteiger charge is -2.17. The van der Waals surface area contributed by atoms with Crippen LogP contribution in [0.2, 0.25) is 0 Å². The van der Waals surface area contributed by atoms with E-state index in [0.29, 0.717) is 0 Å². The number of aromatic nitrogens is 2. The third-order valence-corrected chi connectivity index (χ3v) is 3.29. The zero-order valence-electron chi connectivity index (χ0n) is 12.3. The summed E-state index contributed by atoms with van der Waals surface area (Å²) >= 11 is 0. The summed E-state index contributed by atoms with van der Waals surface area (Å²) in [6, 6.07) is 8.16. The SMILES string of the molecule is CNc1ncnc(NC(C)c2ccc(OC)cc2)c1C. The molecule has 5 nitrogen and oxygen atoms in total. The highest BCUT2D eigenvalue weighted by Crippen LogP contribution is 2.24. The van der Waals surface area contributed by atoms with E-state index in [1.54, 1.807) is 13.4 Å². The van der Waals surface area contributed by atoms with Crippen molar-refractivity contribution in [2.45, 2.75) is 19.9 Å². The molecular formula is C15H20N4O. The second kappa shape index (κ2) is 6.23. The Morgan fingerprint density at radius 1 is 1.10 bits per heavy atom. The molecule has 0 radical (unpaired) electrons. The Balaban J connectivity index is 2.16. The first-order valence-corrected chi connectivity index (χ1v) is 6.55. The standard InChI is InChI=1S/C15H20N4O/c1-10-14(16-3)17-9-18-15(10)19-11(2)12-5-7-13(20-4)8-6-12/h5-9,11H,1-4H3,(H2,16,17,18,19). The van der Waals surface area contributed by atoms with Crippen LogP contribution in [0.5, 0.6) is 5.75 Å². The molecule has 1 aromatic carbocycles. The number of benzene rings is 1. The highest BCUT2D eigenvalue weighted by Gasteiger charge is 2.10. The van der Waals surface area contributed by atoms with E-state index in [1.165, 1.54) is 5.56 Å². The van der Waals surface area contributed by atoms with Gasteiger partial charge in [-0.25, -0.2) is 9.97 Å². The highest BCUT2D eigenvalue weighted by atomic mass is 16.5. The topological polar surface area (TPSA) is 59.1 Å². The smallest absolute Gasteiger partial charge is 0.134 e. The molecule has 1 atom stereocenters. The molecule has 2 N–H and O–H groups in total. The third kappa shape index (κ3) is 2.99. The Kier molecular flexibility index (Phi) is 4.40. The fourth-order valence-electron chi connectivity index (χ4n) is 2.03. The molecule has 0 spiro atoms. The second-order valence-corrected chi connectivity index (χ2v) is 4.59. The van der Waals surface area contributed by atoms with Gasteiger partial charge in [0.05, 0.1) is 7.11 Å². The summed E-state index contributed by atoms with van der Waals surface area (Å²) in [5.74, 6) is 2.54. The van der Waals surface area contributed by atoms with Gasteiger partial charge in [0.1, 0.15) is 23.7 Å². The van der Waals surface area contributed by atoms with Crippen LogP contribution in [-0.4, -0.2) is 24.1 Å². The molecule has 1 unspecified atom stereocenters. The lowest BCUT2D eigenvalue weighted by Crippen LogP contribution is -2.10. The van der Waals surface area contributed by atoms with Gasteiger partial charge in [-0.3, -0.25) is 0 Å². The maximum atomic E-state index is 5.17. The van der Waals surface area contributed by atoms with E-state index in [4.69, 9.17) is 4.74 Å². The number of hydrogen-bond acceptors (Lipinski definition) is 5. The molecule has 2 rings (SSSR count). The van der Waals surface area contributed by atoms with Crippen molar-refractivity contribution in [1.29, 1.82) is 0 Å². The van der Waals surface area contributed by atoms with Gasteiger partial charge >= 0.3 is 0 Å². The van der Waals surface area contributed by atoms with Crippen molar-refractivity contribution in [2.75, 3.05) is 24.8 Å². The van der Waals surface area contributed by atoms with Crippen LogP contribution in [0.25, 0.3) is 0 Å². The van der Waals surface area contributed by atoms with E-state index in [9.17, 15) is 0 Å². The Bertz CT molecular complexity index is 569. The van der Waals surface area contributed by atoms with E-state index in [1.807, 2.05) is 38.2 Å². The van der Waals surface area contributed by atoms with Crippen LogP contribution < -0.4 is 15.4 Å². The fraction of sp³-hybridized carbons (Fsp3) is 0.333. The number of ether oxygens (including phenoxy) is 1. The molecule has 0 saturated heterocycles. The van der Waals surface area contributed by atoms with Gasteiger partial charge in [-0.2, -0.15) is 0 Å². The minimum Gasteiger partial charge on any atom is -0.497 e. The first kappa shape index (κ1) is 14.1. The number of nitrogens with zero attached hydrogens (tertiary/aromatic N) is 2. The van der Waals surface area contributed by atoms with E-state index in [2.05, 4.69) is 27.5 Å². The molecule has 0 bridgehead atoms. The van der Waals surface area contributed by atoms with Crippen LogP contribution >= 0.6 is 0 Å². The van der Waals surface area contributed by atoms with Crippen LogP contribution in [0.4, 0.5) is 11.6 Å². The molecule has 1 aromatic heterocycles. The summed E-state index contributed by atoms with van der Waals surface area (Å²) in [6.07, 6.45) is 1.56. The number of anilines is 2. The minimum absolute atomic E-state index is 0.152. The molecule has 1 heterocycles. The fourth-order valence-corrected chi connectivity index (χ4v) is 2.03. The number of methoxy groups -OCH3 is 1. The third-order valence-electron chi connectivity index (χ3n) is 3.29. The van der Waals surface area contributed by atoms with Crippen LogP contribution in [0, 0.1) is 6.92 Å². The molecule has 0 fully saturated rings. The van der Waals surface area contributed by atoms with E-state index in [0.717, 1.165) is 22.9 Å². The summed E-state index contributed by atoms with van der Waals surface area (Å²) < 4.78 is 5.17. The minimum atomic E-state index is 0.152. The van der Waals surface area contributed by atoms with Gasteiger partial charge in [0.2, 0.25) is 0 Å². The van der Waals surface area contributed by atoms with Crippen LogP contribution in [-0.2, 0) is 0 Å². The Morgan fingerprint density at radius 2 is 1.75 bits per heavy atom. The first-order chi connectivity index (χ1) is 9.65. The van der Waals surface area contributed by atoms with Gasteiger partial charge in [-0.05, 0) is 31.5 Å². The Hall–Kier alpha value is -2.30. The molecule has 20 heavy (non-hydrogen) atoms. The lowest BCUT2D eigenvalue weighted by molar-refractivity contribution is 0.414. The summed E-state index contributed by atoms with van der Waals surface area (Å²) in [4.78, 5) is 8.48. The summed E-state index contributed by atoms with van der Waals surface area (Å²) in [6.45, 7) is 4.09. The molecule has 5 heteroatoms. The number of nitrogens with one attached hydrogen (secondary N) is 2.